The Morgan fingerprint density at radius 3 is 2.66 bits per heavy atom. The van der Waals surface area contributed by atoms with Gasteiger partial charge in [0.15, 0.2) is 29.3 Å². The summed E-state index contributed by atoms with van der Waals surface area (Å²) in [5.41, 5.74) is -0.0124. The number of rotatable bonds is 15. The Labute approximate surface area is 475 Å². The second kappa shape index (κ2) is 23.7. The topological polar surface area (TPSA) is 183 Å². The number of carbonyl (C=O) groups is 1. The average Bonchev–Trinajstić information content (AvgIpc) is 4.21. The molecule has 9 aliphatic rings. The van der Waals surface area contributed by atoms with E-state index in [9.17, 15) is 20.4 Å². The number of carbonyl (C=O) groups excluding carboxylic acids is 1. The molecule has 13 nitrogen and oxygen atoms in total. The van der Waals surface area contributed by atoms with Crippen LogP contribution in [0.25, 0.3) is 0 Å². The normalized spacial score (nSPS) is 37.9. The van der Waals surface area contributed by atoms with Gasteiger partial charge in [0, 0.05) is 67.4 Å². The lowest BCUT2D eigenvalue weighted by Crippen LogP contribution is -2.55. The summed E-state index contributed by atoms with van der Waals surface area (Å²) in [6.07, 6.45) is 30.7. The van der Waals surface area contributed by atoms with Gasteiger partial charge in [0.2, 0.25) is 11.7 Å². The quantitative estimate of drug-likeness (QED) is 0.0389. The zero-order chi connectivity index (χ0) is 55.7. The smallest absolute Gasteiger partial charge is 0.207 e. The number of ketones is 1. The summed E-state index contributed by atoms with van der Waals surface area (Å²) in [6, 6.07) is 13.4. The first kappa shape index (κ1) is 56.8. The summed E-state index contributed by atoms with van der Waals surface area (Å²) >= 11 is 0. The van der Waals surface area contributed by atoms with Crippen LogP contribution in [0.15, 0.2) is 59.6 Å². The maximum Gasteiger partial charge on any atom is 0.207 e. The van der Waals surface area contributed by atoms with Crippen molar-refractivity contribution >= 4 is 17.4 Å². The third kappa shape index (κ3) is 10.2. The number of nitrogens with zero attached hydrogens (tertiary/aromatic N) is 1. The van der Waals surface area contributed by atoms with Crippen molar-refractivity contribution in [3.63, 3.8) is 0 Å². The number of fused-ring (bicyclic) bond motifs is 8. The summed E-state index contributed by atoms with van der Waals surface area (Å²) in [5.74, 6) is 11.8. The molecule has 7 aliphatic carbocycles. The minimum atomic E-state index is -1.04. The first-order valence-corrected chi connectivity index (χ1v) is 30.9. The lowest BCUT2D eigenvalue weighted by atomic mass is 9.45. The van der Waals surface area contributed by atoms with Crippen LogP contribution in [0, 0.1) is 93.5 Å². The van der Waals surface area contributed by atoms with E-state index in [1.54, 1.807) is 20.2 Å². The molecule has 15 atom stereocenters. The molecule has 6 fully saturated rings. The summed E-state index contributed by atoms with van der Waals surface area (Å²) in [7, 11) is 5.32. The highest BCUT2D eigenvalue weighted by atomic mass is 16.6. The highest BCUT2D eigenvalue weighted by molar-refractivity contribution is 5.97. The highest BCUT2D eigenvalue weighted by Crippen LogP contribution is 2.69. The maximum absolute atomic E-state index is 15.9. The first-order chi connectivity index (χ1) is 38.9. The van der Waals surface area contributed by atoms with Crippen molar-refractivity contribution in [2.45, 2.75) is 165 Å². The Balaban J connectivity index is 1.11. The fraction of sp³-hybridized carbons (Fsp3) is 0.672. The molecule has 2 spiro atoms. The molecule has 432 valence electrons. The predicted molar refractivity (Wildman–Crippen MR) is 311 cm³/mol. The van der Waals surface area contributed by atoms with Crippen molar-refractivity contribution < 1.29 is 44.2 Å². The van der Waals surface area contributed by atoms with Gasteiger partial charge >= 0.3 is 0 Å². The Bertz CT molecular complexity index is 2810. The standard InChI is InChI=1S/C67H90N4O9/c1-5-44-18-20-49-50(16-11-31-72)52-17-9-27-67(52)48-37-54(71-62(69-3)70-30-10-15-46-14-8-26-66(46,59(75)23-21-53(67)51(49)35-44)39-45-19-22-55(74)56(36-45)77-4)61-57(38-48)80-64(43-68-2)40-58-63(42-64,41-60(76)78-33-12-32-73)28-24-47-13-6-7-25-65(47,58)29-34-79-61/h19,21-24,28,36-38,44,46-47,49-53,58,60,68,72-74,76H,5-9,11-18,20,25-27,31-33,35,39-43H2,1-4H3,(H2,69,70,71)/b23-21+/t44-,46-,47+,49-,50-,51-,52+,53+,58-,60+,63+,64+,65+,66-,67-/m0/s1. The number of guanidine groups is 1. The molecule has 13 heteroatoms. The van der Waals surface area contributed by atoms with Crippen molar-refractivity contribution in [3.8, 4) is 47.0 Å². The van der Waals surface area contributed by atoms with Gasteiger partial charge in [0.05, 0.1) is 19.4 Å². The number of aliphatic hydroxyl groups excluding tert-OH is 3. The van der Waals surface area contributed by atoms with Crippen LogP contribution in [0.1, 0.15) is 153 Å². The summed E-state index contributed by atoms with van der Waals surface area (Å²) in [4.78, 5) is 20.7. The fourth-order valence-corrected chi connectivity index (χ4v) is 19.0. The number of anilines is 1. The second-order valence-corrected chi connectivity index (χ2v) is 26.0. The van der Waals surface area contributed by atoms with Crippen LogP contribution < -0.4 is 30.2 Å². The molecule has 6 saturated carbocycles. The van der Waals surface area contributed by atoms with Crippen LogP contribution in [0.2, 0.25) is 0 Å². The summed E-state index contributed by atoms with van der Waals surface area (Å²) < 4.78 is 26.6. The molecule has 4 bridgehead atoms. The van der Waals surface area contributed by atoms with Crippen LogP contribution in [0.3, 0.4) is 0 Å². The number of likely N-dealkylation sites (N-methyl/N-ethyl adjacent to an activating group) is 1. The van der Waals surface area contributed by atoms with Gasteiger partial charge in [0.1, 0.15) is 11.7 Å². The number of aliphatic hydroxyl groups is 3. The van der Waals surface area contributed by atoms with Crippen LogP contribution in [0.4, 0.5) is 5.69 Å². The Morgan fingerprint density at radius 2 is 1.85 bits per heavy atom. The van der Waals surface area contributed by atoms with E-state index < -0.39 is 33.6 Å². The first-order valence-electron chi connectivity index (χ1n) is 30.9. The third-order valence-electron chi connectivity index (χ3n) is 22.2. The number of methoxy groups -OCH3 is 1. The van der Waals surface area contributed by atoms with E-state index in [2.05, 4.69) is 77.2 Å². The van der Waals surface area contributed by atoms with Crippen molar-refractivity contribution in [2.75, 3.05) is 52.9 Å². The number of aliphatic imine (C=N–C) groups is 1. The molecule has 0 radical (unpaired) electrons. The van der Waals surface area contributed by atoms with E-state index in [1.165, 1.54) is 6.42 Å². The molecule has 2 aromatic carbocycles. The molecular weight excluding hydrogens is 1000 g/mol. The molecule has 2 aromatic rings. The molecule has 0 saturated heterocycles. The second-order valence-electron chi connectivity index (χ2n) is 26.0. The molecule has 0 amide bonds. The molecule has 7 N–H and O–H groups in total. The van der Waals surface area contributed by atoms with E-state index in [4.69, 9.17) is 23.9 Å². The zero-order valence-corrected chi connectivity index (χ0v) is 48.1. The predicted octanol–water partition coefficient (Wildman–Crippen LogP) is 10.3. The minimum Gasteiger partial charge on any atom is -0.504 e. The average molecular weight is 1100 g/mol. The van der Waals surface area contributed by atoms with Crippen molar-refractivity contribution in [3.05, 3.63) is 65.8 Å². The summed E-state index contributed by atoms with van der Waals surface area (Å²) in [6.45, 7) is 3.31. The number of hydrogen-bond donors (Lipinski definition) is 7. The third-order valence-corrected chi connectivity index (χ3v) is 22.2. The van der Waals surface area contributed by atoms with E-state index in [0.717, 1.165) is 107 Å². The molecule has 2 aliphatic heterocycles. The number of ether oxygens (including phenoxy) is 4. The molecule has 2 heterocycles. The van der Waals surface area contributed by atoms with E-state index >= 15 is 4.79 Å². The molecule has 0 unspecified atom stereocenters. The SMILES string of the molecule is CC[C@H]1CC[C@@H]2[C@H](C1)[C@H]1/C=C/C(=O)[C@]3(Cc4ccc(O)c(OC)c4)CCC[C@H]3CC#CNC(=NC)Nc3cc(cc4c3OC#C[C@]35CCCC[C@@H]3C=C[C@@]3(C[C@H](O)OCCCO)C[C@@](CNC)(C[C@@H]35)O4)[C@]13CCC[C@@H]3[C@H]2CCCO. The van der Waals surface area contributed by atoms with Gasteiger partial charge in [-0.2, -0.15) is 0 Å². The number of aromatic hydroxyl groups is 1. The van der Waals surface area contributed by atoms with E-state index in [0.29, 0.717) is 97.6 Å². The van der Waals surface area contributed by atoms with Crippen LogP contribution in [-0.2, 0) is 21.4 Å². The van der Waals surface area contributed by atoms with Gasteiger partial charge < -0.3 is 50.0 Å². The van der Waals surface area contributed by atoms with Gasteiger partial charge in [-0.1, -0.05) is 81.6 Å². The lowest BCUT2D eigenvalue weighted by molar-refractivity contribution is -0.131. The lowest BCUT2D eigenvalue weighted by Gasteiger charge is -2.59. The van der Waals surface area contributed by atoms with Gasteiger partial charge in [-0.3, -0.25) is 15.1 Å². The highest BCUT2D eigenvalue weighted by Gasteiger charge is 2.66. The number of nitrogens with one attached hydrogen (secondary N) is 3. The summed E-state index contributed by atoms with van der Waals surface area (Å²) in [5, 5.41) is 53.3. The number of allylic oxidation sites excluding steroid dienone is 4. The van der Waals surface area contributed by atoms with Crippen LogP contribution >= 0.6 is 0 Å². The number of phenolic OH excluding ortho intramolecular Hbond substituents is 1. The monoisotopic (exact) mass is 1090 g/mol. The molecule has 11 rings (SSSR count). The molecule has 0 aromatic heterocycles. The molecular formula is C67H90N4O9. The van der Waals surface area contributed by atoms with Gasteiger partial charge in [-0.05, 0) is 192 Å². The Kier molecular flexibility index (Phi) is 16.8. The van der Waals surface area contributed by atoms with E-state index in [1.807, 2.05) is 25.3 Å². The number of hydrogen-bond acceptors (Lipinski definition) is 11. The van der Waals surface area contributed by atoms with Crippen LogP contribution in [-0.4, -0.2) is 91.6 Å². The fourth-order valence-electron chi connectivity index (χ4n) is 19.0. The zero-order valence-electron chi connectivity index (χ0n) is 48.1. The van der Waals surface area contributed by atoms with Gasteiger partial charge in [-0.25, -0.2) is 0 Å². The van der Waals surface area contributed by atoms with Crippen molar-refractivity contribution in [1.82, 2.24) is 10.6 Å². The Morgan fingerprint density at radius 1 is 0.988 bits per heavy atom. The van der Waals surface area contributed by atoms with Gasteiger partial charge in [0.25, 0.3) is 0 Å². The minimum absolute atomic E-state index is 0.00490. The Hall–Kier alpha value is -5.02. The largest absolute Gasteiger partial charge is 0.504 e. The van der Waals surface area contributed by atoms with Crippen molar-refractivity contribution in [1.29, 1.82) is 0 Å². The van der Waals surface area contributed by atoms with Gasteiger partial charge in [-0.15, -0.1) is 0 Å². The van der Waals surface area contributed by atoms with Crippen molar-refractivity contribution in [2.24, 2.45) is 74.5 Å². The molecule has 80 heavy (non-hydrogen) atoms. The van der Waals surface area contributed by atoms with Crippen LogP contribution in [0.5, 0.6) is 23.0 Å². The number of benzene rings is 2. The van der Waals surface area contributed by atoms with E-state index in [-0.39, 0.29) is 60.9 Å². The maximum atomic E-state index is 15.9. The number of phenols is 1.